The van der Waals surface area contributed by atoms with E-state index in [1.54, 1.807) is 0 Å². The summed E-state index contributed by atoms with van der Waals surface area (Å²) >= 11 is 0. The molecule has 81 heavy (non-hydrogen) atoms. The zero-order valence-electron chi connectivity index (χ0n) is 50.4. The van der Waals surface area contributed by atoms with Crippen LogP contribution in [0.4, 0.5) is 0 Å². The molecule has 0 spiro atoms. The van der Waals surface area contributed by atoms with Crippen LogP contribution in [0.2, 0.25) is 0 Å². The molecule has 484 valence electrons. The number of hydrogen-bond acceptors (Lipinski definition) is 25. The molecule has 28 heteroatoms. The summed E-state index contributed by atoms with van der Waals surface area (Å²) in [5.74, 6) is -3.49. The number of nitrogens with zero attached hydrogens (tertiary/aromatic N) is 1. The second-order valence-electron chi connectivity index (χ2n) is 21.8. The highest BCUT2D eigenvalue weighted by Gasteiger charge is 2.34. The molecule has 2 heterocycles. The van der Waals surface area contributed by atoms with E-state index in [4.69, 9.17) is 135 Å². The molecule has 0 bridgehead atoms. The van der Waals surface area contributed by atoms with Crippen molar-refractivity contribution >= 4 is 17.9 Å². The van der Waals surface area contributed by atoms with Crippen LogP contribution >= 0.6 is 0 Å². The van der Waals surface area contributed by atoms with E-state index in [9.17, 15) is 14.4 Å². The Morgan fingerprint density at radius 3 is 1.16 bits per heavy atom. The zero-order chi connectivity index (χ0) is 63.6. The standard InChI is InChI=1S/C11H17N3.C7H16N2O.C6H14N2.C5H10N2O4.2C5H14N2.C4H10N2O2.C4H12N2.C3H8N2.C3H10N2/c12-10-7-14(8-11(10)13)6-9-4-2-1-3-5-9;8-5-7(6-9)1-3-10-4-2-7;7-4-6(5-8)2-1-3-6;6-2(4(8)9)1-3(7)5(10)11;1-5(2,3-6)4-7;1-2-5(7)3-4-6;5-2-1-3(6)4(7)8;1-4(6)2-3-5;4-2-1-3(2)5;4-2-1-3-5/h1-5,10-11H,6-8,12-13H2;1-6,8-9H2;1-5,7-8H2;2-3H,1,6-7H2,(H,8,9)(H,10,11);3-4,6-7H2,1-2H3;5H,2-4,6-7H2,1H3;3H,1-2,5-6H2,(H,7,8);4H,2-3,5-6H2,1H3;2-3H,1,4-5H2;1-5H2. The molecule has 1 aromatic carbocycles. The first kappa shape index (κ1) is 86.5. The van der Waals surface area contributed by atoms with Crippen molar-refractivity contribution in [3.8, 4) is 0 Å². The van der Waals surface area contributed by atoms with E-state index >= 15 is 0 Å². The number of rotatable bonds is 22. The molecule has 2 aliphatic carbocycles. The maximum absolute atomic E-state index is 10.1. The fraction of sp³-hybridized carbons (Fsp3) is 0.830. The van der Waals surface area contributed by atoms with Crippen LogP contribution in [0.25, 0.3) is 0 Å². The second kappa shape index (κ2) is 53.5. The second-order valence-corrected chi connectivity index (χ2v) is 21.8. The molecule has 4 aliphatic rings. The molecule has 2 aliphatic heterocycles. The van der Waals surface area contributed by atoms with Gasteiger partial charge >= 0.3 is 17.9 Å². The number of benzene rings is 1. The van der Waals surface area contributed by atoms with Gasteiger partial charge in [0.25, 0.3) is 0 Å². The van der Waals surface area contributed by atoms with Crippen LogP contribution in [0.1, 0.15) is 110 Å². The summed E-state index contributed by atoms with van der Waals surface area (Å²) in [5.41, 5.74) is 109. The van der Waals surface area contributed by atoms with Gasteiger partial charge in [0.1, 0.15) is 18.1 Å². The fourth-order valence-corrected chi connectivity index (χ4v) is 6.27. The lowest BCUT2D eigenvalue weighted by Gasteiger charge is -2.39. The quantitative estimate of drug-likeness (QED) is 0.0516. The van der Waals surface area contributed by atoms with Crippen LogP contribution in [0.5, 0.6) is 0 Å². The lowest BCUT2D eigenvalue weighted by Crippen LogP contribution is -2.43. The number of ether oxygens (including phenoxy) is 1. The third-order valence-corrected chi connectivity index (χ3v) is 13.5. The van der Waals surface area contributed by atoms with Gasteiger partial charge < -0.3 is 135 Å². The highest BCUT2D eigenvalue weighted by molar-refractivity contribution is 5.77. The lowest BCUT2D eigenvalue weighted by atomic mass is 9.69. The topological polar surface area (TPSA) is 645 Å². The van der Waals surface area contributed by atoms with Gasteiger partial charge in [0.2, 0.25) is 0 Å². The number of likely N-dealkylation sites (tertiary alicyclic amines) is 1. The van der Waals surface area contributed by atoms with Crippen molar-refractivity contribution < 1.29 is 34.4 Å². The number of hydrogen-bond donors (Lipinski definition) is 23. The monoisotopic (exact) mass is 1170 g/mol. The van der Waals surface area contributed by atoms with Crippen LogP contribution in [0, 0.1) is 16.2 Å². The van der Waals surface area contributed by atoms with Gasteiger partial charge in [-0.1, -0.05) is 57.5 Å². The molecular formula is C53H125N21O7. The van der Waals surface area contributed by atoms with Crippen molar-refractivity contribution in [2.75, 3.05) is 98.3 Å². The van der Waals surface area contributed by atoms with Crippen LogP contribution in [-0.4, -0.2) is 191 Å². The largest absolute Gasteiger partial charge is 0.480 e. The Morgan fingerprint density at radius 2 is 0.975 bits per heavy atom. The molecule has 43 N–H and O–H groups in total. The average Bonchev–Trinajstić information content (AvgIpc) is 3.99. The van der Waals surface area contributed by atoms with Gasteiger partial charge in [0.05, 0.1) is 0 Å². The van der Waals surface area contributed by atoms with Gasteiger partial charge in [-0.2, -0.15) is 0 Å². The van der Waals surface area contributed by atoms with Crippen molar-refractivity contribution in [3.63, 3.8) is 0 Å². The van der Waals surface area contributed by atoms with Gasteiger partial charge in [-0.3, -0.25) is 19.3 Å². The van der Waals surface area contributed by atoms with Crippen LogP contribution in [0.3, 0.4) is 0 Å². The van der Waals surface area contributed by atoms with Gasteiger partial charge in [0.15, 0.2) is 0 Å². The van der Waals surface area contributed by atoms with E-state index in [0.717, 1.165) is 111 Å². The highest BCUT2D eigenvalue weighted by Crippen LogP contribution is 2.38. The van der Waals surface area contributed by atoms with Gasteiger partial charge in [-0.05, 0) is 171 Å². The summed E-state index contributed by atoms with van der Waals surface area (Å²) in [6.07, 6.45) is 10.9. The highest BCUT2D eigenvalue weighted by atomic mass is 16.5. The Labute approximate surface area is 486 Å². The minimum Gasteiger partial charge on any atom is -0.480 e. The first-order valence-electron chi connectivity index (χ1n) is 28.5. The van der Waals surface area contributed by atoms with Crippen molar-refractivity contribution in [1.82, 2.24) is 4.90 Å². The summed E-state index contributed by atoms with van der Waals surface area (Å²) < 4.78 is 5.22. The Morgan fingerprint density at radius 1 is 0.593 bits per heavy atom. The number of carboxylic acids is 3. The first-order chi connectivity index (χ1) is 38.0. The van der Waals surface area contributed by atoms with E-state index < -0.39 is 36.0 Å². The molecule has 9 unspecified atom stereocenters. The van der Waals surface area contributed by atoms with Crippen LogP contribution < -0.4 is 115 Å². The molecule has 0 aromatic heterocycles. The normalized spacial score (nSPS) is 20.6. The Bertz CT molecular complexity index is 1530. The Balaban J connectivity index is -0.000000269. The summed E-state index contributed by atoms with van der Waals surface area (Å²) in [6, 6.07) is 8.75. The smallest absolute Gasteiger partial charge is 0.320 e. The van der Waals surface area contributed by atoms with E-state index in [-0.39, 0.29) is 35.4 Å². The van der Waals surface area contributed by atoms with Gasteiger partial charge in [-0.25, -0.2) is 0 Å². The summed E-state index contributed by atoms with van der Waals surface area (Å²) in [7, 11) is 0. The van der Waals surface area contributed by atoms with Crippen molar-refractivity contribution in [3.05, 3.63) is 35.9 Å². The molecular weight excluding hydrogens is 1040 g/mol. The van der Waals surface area contributed by atoms with Crippen LogP contribution in [0.15, 0.2) is 30.3 Å². The minimum absolute atomic E-state index is 0.138. The van der Waals surface area contributed by atoms with Gasteiger partial charge in [-0.15, -0.1) is 0 Å². The van der Waals surface area contributed by atoms with Crippen molar-refractivity contribution in [2.24, 2.45) is 131 Å². The molecule has 9 atom stereocenters. The number of carboxylic acid groups (broad SMARTS) is 3. The molecule has 28 nitrogen and oxygen atoms in total. The van der Waals surface area contributed by atoms with E-state index in [1.165, 1.54) is 24.8 Å². The van der Waals surface area contributed by atoms with E-state index in [2.05, 4.69) is 36.1 Å². The average molecular weight is 1170 g/mol. The maximum Gasteiger partial charge on any atom is 0.320 e. The van der Waals surface area contributed by atoms with Gasteiger partial charge in [0, 0.05) is 69.1 Å². The lowest BCUT2D eigenvalue weighted by molar-refractivity contribution is -0.141. The van der Waals surface area contributed by atoms with E-state index in [0.29, 0.717) is 69.2 Å². The first-order valence-corrected chi connectivity index (χ1v) is 28.5. The number of carbonyl (C=O) groups is 3. The van der Waals surface area contributed by atoms with Crippen LogP contribution in [-0.2, 0) is 25.7 Å². The number of nitrogens with two attached hydrogens (primary N) is 20. The van der Waals surface area contributed by atoms with Crippen molar-refractivity contribution in [2.45, 2.75) is 166 Å². The molecule has 2 saturated heterocycles. The van der Waals surface area contributed by atoms with E-state index in [1.807, 2.05) is 26.8 Å². The predicted molar refractivity (Wildman–Crippen MR) is 332 cm³/mol. The van der Waals surface area contributed by atoms with Crippen molar-refractivity contribution in [1.29, 1.82) is 0 Å². The Kier molecular flexibility index (Phi) is 57.1. The maximum atomic E-state index is 10.1. The molecule has 5 rings (SSSR count). The fourth-order valence-electron chi connectivity index (χ4n) is 6.27. The predicted octanol–water partition coefficient (Wildman–Crippen LogP) is -5.10. The summed E-state index contributed by atoms with van der Waals surface area (Å²) in [5, 5.41) is 24.6. The SMILES string of the molecule is CC(C)(CN)CN.CC(N)CCN.CCC(N)CCN.NC(CC(N)C(=O)O)C(=O)O.NC1CC1N.NC1CN(Cc2ccccc2)CC1N.NCC1(CN)CCC1.NCC1(CN)CCOCC1.NCCC(N)C(=O)O.NCCCN. The molecule has 0 radical (unpaired) electrons. The third-order valence-electron chi connectivity index (χ3n) is 13.5. The molecule has 1 aromatic rings. The third kappa shape index (κ3) is 50.9. The molecule has 2 saturated carbocycles. The Hall–Kier alpha value is -3.25. The minimum atomic E-state index is -1.25. The number of aliphatic carboxylic acids is 3. The zero-order valence-corrected chi connectivity index (χ0v) is 50.4. The molecule has 0 amide bonds. The molecule has 4 fully saturated rings. The summed E-state index contributed by atoms with van der Waals surface area (Å²) in [6.45, 7) is 20.1. The summed E-state index contributed by atoms with van der Waals surface area (Å²) in [4.78, 5) is 32.4.